The smallest absolute Gasteiger partial charge is 0.268 e. The van der Waals surface area contributed by atoms with Crippen molar-refractivity contribution in [3.63, 3.8) is 0 Å². The molecule has 0 aliphatic carbocycles. The molecule has 1 aromatic heterocycles. The number of ether oxygens (including phenoxy) is 2. The van der Waals surface area contributed by atoms with Gasteiger partial charge in [-0.25, -0.2) is 8.78 Å². The molecule has 2 N–H and O–H groups in total. The van der Waals surface area contributed by atoms with Crippen LogP contribution in [-0.2, 0) is 17.9 Å². The molecule has 13 heteroatoms. The van der Waals surface area contributed by atoms with Gasteiger partial charge < -0.3 is 25.0 Å². The predicted octanol–water partition coefficient (Wildman–Crippen LogP) is 2.39. The Morgan fingerprint density at radius 1 is 1.10 bits per heavy atom. The molecule has 0 saturated carbocycles. The van der Waals surface area contributed by atoms with E-state index in [1.807, 2.05) is 18.2 Å². The van der Waals surface area contributed by atoms with Crippen molar-refractivity contribution in [1.82, 2.24) is 25.3 Å². The number of hydrogen-bond donors (Lipinski definition) is 2. The molecule has 5 rings (SSSR count). The lowest BCUT2D eigenvalue weighted by Crippen LogP contribution is -2.43. The molecule has 3 heterocycles. The number of likely N-dealkylation sites (tertiary alicyclic amines) is 1. The molecule has 2 aliphatic rings. The van der Waals surface area contributed by atoms with Gasteiger partial charge in [0.05, 0.1) is 37.0 Å². The first-order valence-electron chi connectivity index (χ1n) is 12.8. The number of carbonyl (C=O) groups excluding carboxylic acids is 3. The monoisotopic (exact) mass is 564 g/mol. The normalized spacial score (nSPS) is 16.7. The van der Waals surface area contributed by atoms with E-state index < -0.39 is 43.3 Å². The minimum Gasteiger partial charge on any atom is -0.454 e. The van der Waals surface area contributed by atoms with E-state index in [9.17, 15) is 23.2 Å². The van der Waals surface area contributed by atoms with E-state index in [0.717, 1.165) is 16.0 Å². The molecule has 2 aromatic carbocycles. The van der Waals surface area contributed by atoms with Crippen LogP contribution in [0.1, 0.15) is 44.0 Å². The number of nitrogens with one attached hydrogen (secondary N) is 2. The summed E-state index contributed by atoms with van der Waals surface area (Å²) in [6.07, 6.45) is 0.779. The van der Waals surface area contributed by atoms with Crippen molar-refractivity contribution < 1.29 is 32.6 Å². The van der Waals surface area contributed by atoms with E-state index in [4.69, 9.17) is 14.7 Å². The number of fused-ring (bicyclic) bond motifs is 1. The molecule has 11 nitrogen and oxygen atoms in total. The van der Waals surface area contributed by atoms with Crippen molar-refractivity contribution in [1.29, 1.82) is 5.26 Å². The van der Waals surface area contributed by atoms with Crippen molar-refractivity contribution in [3.8, 4) is 17.6 Å². The summed E-state index contributed by atoms with van der Waals surface area (Å²) in [7, 11) is 0. The molecule has 0 unspecified atom stereocenters. The first kappa shape index (κ1) is 27.6. The average Bonchev–Trinajstić information content (AvgIpc) is 3.66. The molecular formula is C28H26F2N6O5. The fourth-order valence-electron chi connectivity index (χ4n) is 4.70. The van der Waals surface area contributed by atoms with Gasteiger partial charge in [0.25, 0.3) is 17.7 Å². The van der Waals surface area contributed by atoms with Crippen LogP contribution in [0.15, 0.2) is 48.7 Å². The second-order valence-corrected chi connectivity index (χ2v) is 9.81. The van der Waals surface area contributed by atoms with Crippen molar-refractivity contribution in [2.75, 3.05) is 19.9 Å². The maximum Gasteiger partial charge on any atom is 0.268 e. The van der Waals surface area contributed by atoms with Crippen LogP contribution in [0.3, 0.4) is 0 Å². The van der Waals surface area contributed by atoms with Gasteiger partial charge in [0.2, 0.25) is 12.7 Å². The summed E-state index contributed by atoms with van der Waals surface area (Å²) in [5.41, 5.74) is 2.69. The molecule has 1 atom stereocenters. The molecule has 0 bridgehead atoms. The van der Waals surface area contributed by atoms with E-state index in [1.165, 1.54) is 10.9 Å². The van der Waals surface area contributed by atoms with Crippen LogP contribution in [0.4, 0.5) is 8.78 Å². The quantitative estimate of drug-likeness (QED) is 0.428. The fraction of sp³-hybridized carbons (Fsp3) is 0.321. The SMILES string of the molecule is Cc1nn(Cc2cccc(C(=O)NCc3ccc4c(c3)OCO4)c2)cc1C(=O)NCC(=O)N1CC(F)(F)C[C@H]1C#N. The Morgan fingerprint density at radius 2 is 1.90 bits per heavy atom. The Bertz CT molecular complexity index is 1550. The number of hydrogen-bond acceptors (Lipinski definition) is 7. The summed E-state index contributed by atoms with van der Waals surface area (Å²) < 4.78 is 39.5. The minimum atomic E-state index is -3.14. The van der Waals surface area contributed by atoms with Gasteiger partial charge in [-0.15, -0.1) is 0 Å². The number of nitriles is 1. The second kappa shape index (κ2) is 11.2. The third-order valence-corrected chi connectivity index (χ3v) is 6.75. The van der Waals surface area contributed by atoms with Gasteiger partial charge in [-0.05, 0) is 42.3 Å². The molecule has 3 aromatic rings. The molecule has 3 amide bonds. The van der Waals surface area contributed by atoms with Gasteiger partial charge in [-0.2, -0.15) is 10.4 Å². The fourth-order valence-corrected chi connectivity index (χ4v) is 4.70. The molecule has 2 aliphatic heterocycles. The maximum absolute atomic E-state index is 13.6. The number of nitrogens with zero attached hydrogens (tertiary/aromatic N) is 4. The van der Waals surface area contributed by atoms with Gasteiger partial charge in [0.1, 0.15) is 6.04 Å². The van der Waals surface area contributed by atoms with Crippen LogP contribution in [0.25, 0.3) is 0 Å². The van der Waals surface area contributed by atoms with E-state index in [-0.39, 0.29) is 24.8 Å². The molecule has 41 heavy (non-hydrogen) atoms. The lowest BCUT2D eigenvalue weighted by molar-refractivity contribution is -0.131. The minimum absolute atomic E-state index is 0.172. The summed E-state index contributed by atoms with van der Waals surface area (Å²) in [6, 6.07) is 12.9. The Hall–Kier alpha value is -4.99. The number of aryl methyl sites for hydroxylation is 1. The highest BCUT2D eigenvalue weighted by molar-refractivity contribution is 5.97. The van der Waals surface area contributed by atoms with Crippen molar-refractivity contribution in [3.05, 3.63) is 76.6 Å². The Morgan fingerprint density at radius 3 is 2.71 bits per heavy atom. The van der Waals surface area contributed by atoms with E-state index in [2.05, 4.69) is 15.7 Å². The number of alkyl halides is 2. The van der Waals surface area contributed by atoms with Gasteiger partial charge >= 0.3 is 0 Å². The summed E-state index contributed by atoms with van der Waals surface area (Å²) in [5, 5.41) is 18.7. The zero-order valence-electron chi connectivity index (χ0n) is 22.0. The lowest BCUT2D eigenvalue weighted by Gasteiger charge is -2.19. The van der Waals surface area contributed by atoms with Gasteiger partial charge in [0.15, 0.2) is 11.5 Å². The number of halogens is 2. The number of amides is 3. The molecule has 0 radical (unpaired) electrons. The van der Waals surface area contributed by atoms with E-state index in [1.54, 1.807) is 37.3 Å². The lowest BCUT2D eigenvalue weighted by atomic mass is 10.1. The van der Waals surface area contributed by atoms with Gasteiger partial charge in [0, 0.05) is 24.7 Å². The summed E-state index contributed by atoms with van der Waals surface area (Å²) >= 11 is 0. The number of rotatable bonds is 8. The number of aromatic nitrogens is 2. The van der Waals surface area contributed by atoms with Gasteiger partial charge in [-0.1, -0.05) is 18.2 Å². The van der Waals surface area contributed by atoms with Crippen LogP contribution in [0, 0.1) is 18.3 Å². The van der Waals surface area contributed by atoms with Crippen LogP contribution < -0.4 is 20.1 Å². The molecular weight excluding hydrogens is 538 g/mol. The highest BCUT2D eigenvalue weighted by atomic mass is 19.3. The first-order valence-corrected chi connectivity index (χ1v) is 12.8. The Kier molecular flexibility index (Phi) is 7.56. The molecule has 1 saturated heterocycles. The van der Waals surface area contributed by atoms with Crippen LogP contribution in [-0.4, -0.2) is 64.2 Å². The molecule has 1 fully saturated rings. The number of benzene rings is 2. The topological polar surface area (TPSA) is 139 Å². The zero-order chi connectivity index (χ0) is 29.1. The standard InChI is InChI=1S/C28H26F2N6O5/c1-17-22(27(39)33-12-25(37)36-15-28(29,30)9-21(36)10-31)14-35(34-17)13-19-3-2-4-20(7-19)26(38)32-11-18-5-6-23-24(8-18)41-16-40-23/h2-8,14,21H,9,11-13,15-16H2,1H3,(H,32,38)(H,33,39)/t21-/m0/s1. The predicted molar refractivity (Wildman–Crippen MR) is 139 cm³/mol. The number of carbonyl (C=O) groups is 3. The van der Waals surface area contributed by atoms with Crippen molar-refractivity contribution in [2.24, 2.45) is 0 Å². The summed E-state index contributed by atoms with van der Waals surface area (Å²) in [4.78, 5) is 38.7. The van der Waals surface area contributed by atoms with E-state index >= 15 is 0 Å². The van der Waals surface area contributed by atoms with Crippen LogP contribution in [0.5, 0.6) is 11.5 Å². The zero-order valence-corrected chi connectivity index (χ0v) is 22.0. The van der Waals surface area contributed by atoms with Gasteiger partial charge in [-0.3, -0.25) is 19.1 Å². The third-order valence-electron chi connectivity index (χ3n) is 6.75. The molecule has 212 valence electrons. The second-order valence-electron chi connectivity index (χ2n) is 9.81. The largest absolute Gasteiger partial charge is 0.454 e. The molecule has 0 spiro atoms. The third kappa shape index (κ3) is 6.27. The van der Waals surface area contributed by atoms with Crippen molar-refractivity contribution in [2.45, 2.75) is 38.4 Å². The Labute approximate surface area is 233 Å². The van der Waals surface area contributed by atoms with E-state index in [0.29, 0.717) is 29.3 Å². The highest BCUT2D eigenvalue weighted by Gasteiger charge is 2.47. The summed E-state index contributed by atoms with van der Waals surface area (Å²) in [6.45, 7) is 0.985. The Balaban J connectivity index is 1.16. The summed E-state index contributed by atoms with van der Waals surface area (Å²) in [5.74, 6) is -3.46. The van der Waals surface area contributed by atoms with Crippen molar-refractivity contribution >= 4 is 17.7 Å². The van der Waals surface area contributed by atoms with Crippen LogP contribution in [0.2, 0.25) is 0 Å². The average molecular weight is 565 g/mol. The highest BCUT2D eigenvalue weighted by Crippen LogP contribution is 2.33. The first-order chi connectivity index (χ1) is 19.6. The maximum atomic E-state index is 13.6. The van der Waals surface area contributed by atoms with Crippen LogP contribution >= 0.6 is 0 Å².